The molecule has 1 aliphatic carbocycles. The number of likely N-dealkylation sites (tertiary alicyclic amines) is 1. The molecule has 2 fully saturated rings. The zero-order valence-electron chi connectivity index (χ0n) is 34.4. The van der Waals surface area contributed by atoms with Crippen LogP contribution in [0.2, 0.25) is 0 Å². The summed E-state index contributed by atoms with van der Waals surface area (Å²) in [7, 11) is 6.52. The van der Waals surface area contributed by atoms with E-state index in [1.165, 1.54) is 7.11 Å². The Hall–Kier alpha value is -3.55. The minimum Gasteiger partial charge on any atom is -0.480 e. The van der Waals surface area contributed by atoms with Crippen molar-refractivity contribution in [3.8, 4) is 0 Å². The lowest BCUT2D eigenvalue weighted by Gasteiger charge is -2.41. The van der Waals surface area contributed by atoms with E-state index in [1.807, 2.05) is 76.8 Å². The molecular weight excluding hydrogens is 690 g/mol. The summed E-state index contributed by atoms with van der Waals surface area (Å²) in [6.45, 7) is 14.0. The molecule has 1 heterocycles. The third-order valence-corrected chi connectivity index (χ3v) is 11.9. The molecule has 3 unspecified atom stereocenters. The Labute approximate surface area is 322 Å². The number of aliphatic carboxylic acids is 1. The van der Waals surface area contributed by atoms with E-state index < -0.39 is 60.2 Å². The quantitative estimate of drug-likeness (QED) is 0.147. The summed E-state index contributed by atoms with van der Waals surface area (Å²) < 4.78 is 12.0. The number of methoxy groups -OCH3 is 2. The molecular formula is C41H67N5O8. The van der Waals surface area contributed by atoms with Gasteiger partial charge in [-0.25, -0.2) is 4.79 Å². The molecule has 4 N–H and O–H groups in total. The van der Waals surface area contributed by atoms with Gasteiger partial charge in [0.1, 0.15) is 12.1 Å². The zero-order valence-corrected chi connectivity index (χ0v) is 34.4. The molecule has 3 rings (SSSR count). The Balaban J connectivity index is 1.83. The second-order valence-corrected chi connectivity index (χ2v) is 16.4. The Morgan fingerprint density at radius 2 is 1.54 bits per heavy atom. The number of likely N-dealkylation sites (N-methyl/N-ethyl adjacent to an activating group) is 2. The highest BCUT2D eigenvalue weighted by atomic mass is 16.5. The van der Waals surface area contributed by atoms with Crippen LogP contribution in [-0.4, -0.2) is 122 Å². The highest BCUT2D eigenvalue weighted by Crippen LogP contribution is 2.56. The number of nitrogens with zero attached hydrogens (tertiary/aromatic N) is 2. The third kappa shape index (κ3) is 11.0. The lowest BCUT2D eigenvalue weighted by Crippen LogP contribution is -2.59. The summed E-state index contributed by atoms with van der Waals surface area (Å²) in [6.07, 6.45) is 2.13. The van der Waals surface area contributed by atoms with E-state index in [9.17, 15) is 29.1 Å². The van der Waals surface area contributed by atoms with E-state index in [2.05, 4.69) is 16.0 Å². The summed E-state index contributed by atoms with van der Waals surface area (Å²) >= 11 is 0. The number of rotatable bonds is 21. The first-order valence-corrected chi connectivity index (χ1v) is 19.6. The van der Waals surface area contributed by atoms with Gasteiger partial charge in [-0.15, -0.1) is 0 Å². The molecule has 1 aliphatic heterocycles. The van der Waals surface area contributed by atoms with Crippen LogP contribution < -0.4 is 16.0 Å². The van der Waals surface area contributed by atoms with Crippen molar-refractivity contribution < 1.29 is 38.6 Å². The van der Waals surface area contributed by atoms with Crippen LogP contribution in [0.15, 0.2) is 30.3 Å². The lowest BCUT2D eigenvalue weighted by atomic mass is 9.89. The van der Waals surface area contributed by atoms with Crippen molar-refractivity contribution in [1.82, 2.24) is 25.8 Å². The van der Waals surface area contributed by atoms with E-state index in [4.69, 9.17) is 9.47 Å². The van der Waals surface area contributed by atoms with Crippen LogP contribution in [0.1, 0.15) is 86.1 Å². The largest absolute Gasteiger partial charge is 0.480 e. The third-order valence-electron chi connectivity index (χ3n) is 11.9. The van der Waals surface area contributed by atoms with Crippen molar-refractivity contribution in [1.29, 1.82) is 0 Å². The molecule has 9 atom stereocenters. The van der Waals surface area contributed by atoms with Gasteiger partial charge in [0.2, 0.25) is 23.6 Å². The van der Waals surface area contributed by atoms with Crippen molar-refractivity contribution in [3.63, 3.8) is 0 Å². The number of carboxylic acids is 1. The van der Waals surface area contributed by atoms with Gasteiger partial charge >= 0.3 is 5.97 Å². The molecule has 13 nitrogen and oxygen atoms in total. The number of benzene rings is 1. The first-order chi connectivity index (χ1) is 25.4. The van der Waals surface area contributed by atoms with Gasteiger partial charge < -0.3 is 40.3 Å². The van der Waals surface area contributed by atoms with Crippen molar-refractivity contribution in [2.45, 2.75) is 129 Å². The summed E-state index contributed by atoms with van der Waals surface area (Å²) in [4.78, 5) is 71.1. The molecule has 0 radical (unpaired) electrons. The molecule has 304 valence electrons. The minimum absolute atomic E-state index is 0.00123. The van der Waals surface area contributed by atoms with E-state index in [0.717, 1.165) is 24.8 Å². The van der Waals surface area contributed by atoms with Gasteiger partial charge in [0.05, 0.1) is 42.7 Å². The first kappa shape index (κ1) is 44.8. The second-order valence-electron chi connectivity index (χ2n) is 16.4. The monoisotopic (exact) mass is 757 g/mol. The molecule has 1 aromatic carbocycles. The number of hydrogen-bond donors (Lipinski definition) is 4. The average molecular weight is 758 g/mol. The van der Waals surface area contributed by atoms with E-state index >= 15 is 0 Å². The van der Waals surface area contributed by atoms with Gasteiger partial charge in [-0.3, -0.25) is 19.2 Å². The van der Waals surface area contributed by atoms with Crippen LogP contribution in [-0.2, 0) is 39.9 Å². The summed E-state index contributed by atoms with van der Waals surface area (Å²) in [5.41, 5.74) is 0.748. The van der Waals surface area contributed by atoms with Crippen molar-refractivity contribution >= 4 is 29.6 Å². The normalized spacial score (nSPS) is 20.8. The zero-order chi connectivity index (χ0) is 40.5. The Bertz CT molecular complexity index is 1420. The van der Waals surface area contributed by atoms with Crippen LogP contribution in [0.3, 0.4) is 0 Å². The van der Waals surface area contributed by atoms with Crippen LogP contribution in [0.5, 0.6) is 0 Å². The van der Waals surface area contributed by atoms with Gasteiger partial charge in [0, 0.05) is 34.2 Å². The maximum Gasteiger partial charge on any atom is 0.326 e. The number of hydrogen-bond acceptors (Lipinski definition) is 8. The Kier molecular flexibility index (Phi) is 16.5. The van der Waals surface area contributed by atoms with Crippen molar-refractivity contribution in [2.75, 3.05) is 34.9 Å². The van der Waals surface area contributed by atoms with Gasteiger partial charge in [-0.2, -0.15) is 0 Å². The van der Waals surface area contributed by atoms with E-state index in [0.29, 0.717) is 13.0 Å². The number of carbonyl (C=O) groups excluding carboxylic acids is 4. The molecule has 13 heteroatoms. The highest BCUT2D eigenvalue weighted by molar-refractivity contribution is 5.90. The predicted octanol–water partition coefficient (Wildman–Crippen LogP) is 3.49. The number of nitrogens with one attached hydrogen (secondary N) is 3. The SMILES string of the molecule is CC[C@H](C)C(C(CC(=O)N1CC2(CC2)C[C@H]1C(OC)[C@@H](C)C(=O)N[C@@H](Cc1ccccc1)C(=O)O)OC)N(C)C(=O)[C@@H](NC(=O)[C@@H](NC)C(C)C)C(C)C. The highest BCUT2D eigenvalue weighted by Gasteiger charge is 2.56. The molecule has 1 spiro atoms. The van der Waals surface area contributed by atoms with E-state index in [1.54, 1.807) is 33.0 Å². The van der Waals surface area contributed by atoms with Crippen LogP contribution >= 0.6 is 0 Å². The lowest BCUT2D eigenvalue weighted by molar-refractivity contribution is -0.148. The first-order valence-electron chi connectivity index (χ1n) is 19.6. The molecule has 0 bridgehead atoms. The fourth-order valence-corrected chi connectivity index (χ4v) is 8.16. The molecule has 54 heavy (non-hydrogen) atoms. The second kappa shape index (κ2) is 19.9. The smallest absolute Gasteiger partial charge is 0.326 e. The summed E-state index contributed by atoms with van der Waals surface area (Å²) in [5.74, 6) is -3.21. The number of ether oxygens (including phenoxy) is 2. The molecule has 1 aromatic rings. The van der Waals surface area contributed by atoms with Gasteiger partial charge in [-0.1, -0.05) is 85.2 Å². The Morgan fingerprint density at radius 1 is 0.926 bits per heavy atom. The van der Waals surface area contributed by atoms with Crippen molar-refractivity contribution in [2.24, 2.45) is 29.1 Å². The maximum absolute atomic E-state index is 14.4. The summed E-state index contributed by atoms with van der Waals surface area (Å²) in [5, 5.41) is 18.7. The topological polar surface area (TPSA) is 167 Å². The van der Waals surface area contributed by atoms with Crippen LogP contribution in [0.4, 0.5) is 0 Å². The number of carbonyl (C=O) groups is 5. The molecule has 2 aliphatic rings. The molecule has 0 aromatic heterocycles. The molecule has 1 saturated heterocycles. The minimum atomic E-state index is -1.13. The fourth-order valence-electron chi connectivity index (χ4n) is 8.16. The molecule has 4 amide bonds. The average Bonchev–Trinajstić information content (AvgIpc) is 3.79. The van der Waals surface area contributed by atoms with Crippen molar-refractivity contribution in [3.05, 3.63) is 35.9 Å². The summed E-state index contributed by atoms with van der Waals surface area (Å²) in [6, 6.07) is 5.88. The van der Waals surface area contributed by atoms with Gasteiger partial charge in [0.25, 0.3) is 0 Å². The standard InChI is InChI=1S/C41H67N5O8/c1-12-26(6)35(45(9)39(50)34(25(4)5)44-38(49)33(42-8)24(2)3)31(53-10)21-32(47)46-23-41(18-19-41)22-30(46)36(54-11)27(7)37(48)43-29(40(51)52)20-28-16-14-13-15-17-28/h13-17,24-27,29-31,33-36,42H,12,18-23H2,1-11H3,(H,43,48)(H,44,49)(H,51,52)/t26-,27+,29-,30-,31?,33-,34-,35?,36?/m0/s1. The Morgan fingerprint density at radius 3 is 2.02 bits per heavy atom. The van der Waals surface area contributed by atoms with Gasteiger partial charge in [-0.05, 0) is 55.0 Å². The fraction of sp³-hybridized carbons (Fsp3) is 0.732. The van der Waals surface area contributed by atoms with Crippen LogP contribution in [0, 0.1) is 29.1 Å². The number of amides is 4. The van der Waals surface area contributed by atoms with E-state index in [-0.39, 0.29) is 53.7 Å². The van der Waals surface area contributed by atoms with Gasteiger partial charge in [0.15, 0.2) is 0 Å². The number of carboxylic acid groups (broad SMARTS) is 1. The molecule has 1 saturated carbocycles. The van der Waals surface area contributed by atoms with Crippen LogP contribution in [0.25, 0.3) is 0 Å². The predicted molar refractivity (Wildman–Crippen MR) is 207 cm³/mol. The maximum atomic E-state index is 14.4.